The van der Waals surface area contributed by atoms with Crippen LogP contribution < -0.4 is 16.4 Å². The summed E-state index contributed by atoms with van der Waals surface area (Å²) in [6, 6.07) is 0. The molecule has 0 radical (unpaired) electrons. The van der Waals surface area contributed by atoms with Gasteiger partial charge in [0.1, 0.15) is 5.82 Å². The maximum atomic E-state index is 10.6. The molecular formula is C10H19N5O. The van der Waals surface area contributed by atoms with Crippen molar-refractivity contribution in [2.45, 2.75) is 25.8 Å². The largest absolute Gasteiger partial charge is 0.394 e. The third-order valence-corrected chi connectivity index (χ3v) is 2.31. The summed E-state index contributed by atoms with van der Waals surface area (Å²) in [4.78, 5) is 12.5. The monoisotopic (exact) mass is 225 g/mol. The number of hydrogen-bond acceptors (Lipinski definition) is 4. The Morgan fingerprint density at radius 2 is 2.19 bits per heavy atom. The molecule has 4 N–H and O–H groups in total. The van der Waals surface area contributed by atoms with E-state index < -0.39 is 0 Å². The molecule has 0 saturated carbocycles. The molecule has 0 fully saturated rings. The Hall–Kier alpha value is -1.72. The van der Waals surface area contributed by atoms with Gasteiger partial charge in [0.05, 0.1) is 11.9 Å². The minimum absolute atomic E-state index is 0.257. The minimum atomic E-state index is -0.257. The number of amides is 1. The van der Waals surface area contributed by atoms with Gasteiger partial charge in [-0.05, 0) is 12.8 Å². The predicted molar refractivity (Wildman–Crippen MR) is 64.0 cm³/mol. The van der Waals surface area contributed by atoms with E-state index in [1.807, 2.05) is 23.7 Å². The van der Waals surface area contributed by atoms with Gasteiger partial charge in [-0.1, -0.05) is 0 Å². The smallest absolute Gasteiger partial charge is 0.217 e. The molecule has 90 valence electrons. The van der Waals surface area contributed by atoms with Crippen molar-refractivity contribution in [3.05, 3.63) is 6.20 Å². The van der Waals surface area contributed by atoms with E-state index in [2.05, 4.69) is 5.10 Å². The van der Waals surface area contributed by atoms with Crippen LogP contribution in [0.15, 0.2) is 6.20 Å². The molecule has 0 aliphatic carbocycles. The number of primary amides is 1. The standard InChI is InChI=1S/C10H19N5O/c1-14(2)10-8(11)7-13-15(10)6-4-3-5-9(12)16/h7H,3-6,11H2,1-2H3,(H2,12,16). The number of anilines is 2. The Labute approximate surface area is 95.2 Å². The van der Waals surface area contributed by atoms with Gasteiger partial charge in [-0.3, -0.25) is 4.79 Å². The van der Waals surface area contributed by atoms with E-state index in [9.17, 15) is 4.79 Å². The summed E-state index contributed by atoms with van der Waals surface area (Å²) in [6.07, 6.45) is 3.71. The van der Waals surface area contributed by atoms with E-state index in [0.29, 0.717) is 12.1 Å². The molecule has 0 aromatic carbocycles. The average molecular weight is 225 g/mol. The second-order valence-corrected chi connectivity index (χ2v) is 3.96. The summed E-state index contributed by atoms with van der Waals surface area (Å²) in [5, 5.41) is 4.19. The fourth-order valence-electron chi connectivity index (χ4n) is 1.61. The van der Waals surface area contributed by atoms with Gasteiger partial charge in [-0.2, -0.15) is 5.10 Å². The summed E-state index contributed by atoms with van der Waals surface area (Å²) < 4.78 is 1.84. The zero-order chi connectivity index (χ0) is 12.1. The third kappa shape index (κ3) is 3.15. The fourth-order valence-corrected chi connectivity index (χ4v) is 1.61. The van der Waals surface area contributed by atoms with E-state index in [4.69, 9.17) is 11.5 Å². The van der Waals surface area contributed by atoms with Crippen LogP contribution in [0.25, 0.3) is 0 Å². The van der Waals surface area contributed by atoms with E-state index >= 15 is 0 Å². The van der Waals surface area contributed by atoms with Crippen molar-refractivity contribution < 1.29 is 4.79 Å². The van der Waals surface area contributed by atoms with Gasteiger partial charge in [0.2, 0.25) is 5.91 Å². The highest BCUT2D eigenvalue weighted by Gasteiger charge is 2.09. The van der Waals surface area contributed by atoms with E-state index in [-0.39, 0.29) is 5.91 Å². The molecule has 1 aromatic rings. The molecule has 6 nitrogen and oxygen atoms in total. The molecule has 1 amide bonds. The molecule has 1 rings (SSSR count). The first-order chi connectivity index (χ1) is 7.52. The molecule has 1 heterocycles. The maximum absolute atomic E-state index is 10.6. The zero-order valence-corrected chi connectivity index (χ0v) is 9.81. The summed E-state index contributed by atoms with van der Waals surface area (Å²) in [6.45, 7) is 0.748. The van der Waals surface area contributed by atoms with Crippen molar-refractivity contribution in [3.8, 4) is 0 Å². The Morgan fingerprint density at radius 1 is 1.50 bits per heavy atom. The van der Waals surface area contributed by atoms with Crippen LogP contribution >= 0.6 is 0 Å². The first-order valence-corrected chi connectivity index (χ1v) is 5.29. The van der Waals surface area contributed by atoms with Crippen LogP contribution in [-0.4, -0.2) is 29.8 Å². The lowest BCUT2D eigenvalue weighted by Gasteiger charge is -2.15. The molecule has 0 unspecified atom stereocenters. The Kier molecular flexibility index (Phi) is 4.16. The molecule has 1 aromatic heterocycles. The quantitative estimate of drug-likeness (QED) is 0.676. The highest BCUT2D eigenvalue weighted by molar-refractivity contribution is 5.73. The Morgan fingerprint density at radius 3 is 2.75 bits per heavy atom. The number of aromatic nitrogens is 2. The van der Waals surface area contributed by atoms with Gasteiger partial charge in [-0.25, -0.2) is 4.68 Å². The number of aryl methyl sites for hydroxylation is 1. The van der Waals surface area contributed by atoms with Crippen molar-refractivity contribution in [2.24, 2.45) is 5.73 Å². The molecule has 6 heteroatoms. The third-order valence-electron chi connectivity index (χ3n) is 2.31. The normalized spacial score (nSPS) is 10.4. The maximum Gasteiger partial charge on any atom is 0.217 e. The summed E-state index contributed by atoms with van der Waals surface area (Å²) in [5.74, 6) is 0.645. The van der Waals surface area contributed by atoms with Crippen molar-refractivity contribution in [1.29, 1.82) is 0 Å². The number of nitrogens with zero attached hydrogens (tertiary/aromatic N) is 3. The SMILES string of the molecule is CN(C)c1c(N)cnn1CCCCC(N)=O. The van der Waals surface area contributed by atoms with Gasteiger partial charge < -0.3 is 16.4 Å². The molecule has 0 aliphatic heterocycles. The van der Waals surface area contributed by atoms with Crippen LogP contribution in [0.2, 0.25) is 0 Å². The predicted octanol–water partition coefficient (Wildman–Crippen LogP) is 0.187. The molecule has 0 atom stereocenters. The number of hydrogen-bond donors (Lipinski definition) is 2. The fraction of sp³-hybridized carbons (Fsp3) is 0.600. The van der Waals surface area contributed by atoms with Crippen molar-refractivity contribution in [1.82, 2.24) is 9.78 Å². The number of nitrogens with two attached hydrogens (primary N) is 2. The minimum Gasteiger partial charge on any atom is -0.394 e. The van der Waals surface area contributed by atoms with Crippen LogP contribution in [0, 0.1) is 0 Å². The van der Waals surface area contributed by atoms with Crippen LogP contribution in [0.1, 0.15) is 19.3 Å². The van der Waals surface area contributed by atoms with Gasteiger partial charge in [0.25, 0.3) is 0 Å². The number of carbonyl (C=O) groups is 1. The lowest BCUT2D eigenvalue weighted by Crippen LogP contribution is -2.17. The summed E-state index contributed by atoms with van der Waals surface area (Å²) in [7, 11) is 3.85. The van der Waals surface area contributed by atoms with Crippen LogP contribution in [0.5, 0.6) is 0 Å². The molecule has 16 heavy (non-hydrogen) atoms. The number of rotatable bonds is 6. The molecule has 0 aliphatic rings. The van der Waals surface area contributed by atoms with Crippen molar-refractivity contribution in [3.63, 3.8) is 0 Å². The second-order valence-electron chi connectivity index (χ2n) is 3.96. The van der Waals surface area contributed by atoms with E-state index in [1.54, 1.807) is 6.20 Å². The second kappa shape index (κ2) is 5.39. The van der Waals surface area contributed by atoms with Gasteiger partial charge in [0.15, 0.2) is 0 Å². The molecular weight excluding hydrogens is 206 g/mol. The van der Waals surface area contributed by atoms with Gasteiger partial charge in [0, 0.05) is 27.1 Å². The number of nitrogen functional groups attached to an aromatic ring is 1. The molecule has 0 spiro atoms. The van der Waals surface area contributed by atoms with E-state index in [1.165, 1.54) is 0 Å². The zero-order valence-electron chi connectivity index (χ0n) is 9.81. The van der Waals surface area contributed by atoms with Crippen LogP contribution in [-0.2, 0) is 11.3 Å². The average Bonchev–Trinajstić information content (AvgIpc) is 2.54. The first kappa shape index (κ1) is 12.4. The van der Waals surface area contributed by atoms with Gasteiger partial charge >= 0.3 is 0 Å². The van der Waals surface area contributed by atoms with Crippen molar-refractivity contribution >= 4 is 17.4 Å². The lowest BCUT2D eigenvalue weighted by molar-refractivity contribution is -0.118. The number of carbonyl (C=O) groups excluding carboxylic acids is 1. The number of unbranched alkanes of at least 4 members (excludes halogenated alkanes) is 1. The van der Waals surface area contributed by atoms with Crippen LogP contribution in [0.4, 0.5) is 11.5 Å². The Bertz CT molecular complexity index is 358. The Balaban J connectivity index is 2.51. The topological polar surface area (TPSA) is 90.2 Å². The lowest BCUT2D eigenvalue weighted by atomic mass is 10.2. The highest BCUT2D eigenvalue weighted by Crippen LogP contribution is 2.20. The van der Waals surface area contributed by atoms with Crippen molar-refractivity contribution in [2.75, 3.05) is 24.7 Å². The first-order valence-electron chi connectivity index (χ1n) is 5.29. The summed E-state index contributed by atoms with van der Waals surface area (Å²) >= 11 is 0. The molecule has 0 saturated heterocycles. The van der Waals surface area contributed by atoms with Gasteiger partial charge in [-0.15, -0.1) is 0 Å². The highest BCUT2D eigenvalue weighted by atomic mass is 16.1. The molecule has 0 bridgehead atoms. The summed E-state index contributed by atoms with van der Waals surface area (Å²) in [5.41, 5.74) is 11.5. The van der Waals surface area contributed by atoms with E-state index in [0.717, 1.165) is 25.2 Å². The van der Waals surface area contributed by atoms with Crippen LogP contribution in [0.3, 0.4) is 0 Å².